The summed E-state index contributed by atoms with van der Waals surface area (Å²) in [4.78, 5) is 12.1. The molecule has 0 saturated carbocycles. The molecule has 0 bridgehead atoms. The standard InChI is InChI=1S/C14H14N3O2P/c18-14(11-6-2-1-3-7-11)17-20(19)15-10-12-8-4-5-9-13(12)16-20/h1-9H,10H2,(H3,15,16,17,18,19). The first-order valence-electron chi connectivity index (χ1n) is 6.25. The van der Waals surface area contributed by atoms with Crippen molar-refractivity contribution in [2.75, 3.05) is 5.09 Å². The van der Waals surface area contributed by atoms with Crippen LogP contribution in [0.25, 0.3) is 0 Å². The minimum absolute atomic E-state index is 0.367. The lowest BCUT2D eigenvalue weighted by atomic mass is 10.2. The van der Waals surface area contributed by atoms with E-state index in [-0.39, 0.29) is 5.91 Å². The third-order valence-electron chi connectivity index (χ3n) is 3.08. The zero-order valence-electron chi connectivity index (χ0n) is 10.7. The van der Waals surface area contributed by atoms with E-state index in [0.717, 1.165) is 11.3 Å². The Morgan fingerprint density at radius 1 is 1.05 bits per heavy atom. The van der Waals surface area contributed by atoms with Gasteiger partial charge in [0.15, 0.2) is 0 Å². The van der Waals surface area contributed by atoms with Gasteiger partial charge < -0.3 is 5.09 Å². The number of benzene rings is 2. The fourth-order valence-corrected chi connectivity index (χ4v) is 3.63. The van der Waals surface area contributed by atoms with Crippen molar-refractivity contribution < 1.29 is 9.36 Å². The van der Waals surface area contributed by atoms with Gasteiger partial charge in [-0.1, -0.05) is 36.4 Å². The van der Waals surface area contributed by atoms with Crippen LogP contribution in [0.1, 0.15) is 15.9 Å². The number of amides is 1. The molecule has 20 heavy (non-hydrogen) atoms. The first kappa shape index (κ1) is 12.9. The van der Waals surface area contributed by atoms with Gasteiger partial charge in [-0.25, -0.2) is 5.09 Å². The molecule has 2 aromatic rings. The van der Waals surface area contributed by atoms with Crippen LogP contribution in [0, 0.1) is 0 Å². The van der Waals surface area contributed by atoms with Crippen molar-refractivity contribution in [2.24, 2.45) is 0 Å². The second-order valence-electron chi connectivity index (χ2n) is 4.52. The van der Waals surface area contributed by atoms with Gasteiger partial charge in [0, 0.05) is 17.8 Å². The normalized spacial score (nSPS) is 20.6. The smallest absolute Gasteiger partial charge is 0.308 e. The molecule has 0 radical (unpaired) electrons. The minimum Gasteiger partial charge on any atom is -0.308 e. The molecule has 3 N–H and O–H groups in total. The molecule has 102 valence electrons. The second kappa shape index (κ2) is 5.12. The Morgan fingerprint density at radius 3 is 2.55 bits per heavy atom. The van der Waals surface area contributed by atoms with E-state index in [1.165, 1.54) is 0 Å². The third-order valence-corrected chi connectivity index (χ3v) is 4.76. The summed E-state index contributed by atoms with van der Waals surface area (Å²) < 4.78 is 12.6. The molecule has 3 rings (SSSR count). The zero-order valence-corrected chi connectivity index (χ0v) is 11.6. The molecule has 0 aliphatic carbocycles. The van der Waals surface area contributed by atoms with E-state index in [9.17, 15) is 9.36 Å². The van der Waals surface area contributed by atoms with Gasteiger partial charge in [-0.05, 0) is 23.8 Å². The second-order valence-corrected chi connectivity index (χ2v) is 6.50. The van der Waals surface area contributed by atoms with Crippen molar-refractivity contribution in [2.45, 2.75) is 6.54 Å². The van der Waals surface area contributed by atoms with Crippen molar-refractivity contribution >= 4 is 19.2 Å². The number of nitrogens with one attached hydrogen (secondary N) is 3. The maximum absolute atomic E-state index is 12.6. The largest absolute Gasteiger partial charge is 0.330 e. The summed E-state index contributed by atoms with van der Waals surface area (Å²) >= 11 is 0. The fourth-order valence-electron chi connectivity index (χ4n) is 2.05. The molecule has 2 aromatic carbocycles. The monoisotopic (exact) mass is 287 g/mol. The number of para-hydroxylation sites is 1. The van der Waals surface area contributed by atoms with Crippen LogP contribution in [0.5, 0.6) is 0 Å². The first-order valence-corrected chi connectivity index (χ1v) is 7.96. The molecule has 1 heterocycles. The lowest BCUT2D eigenvalue weighted by Crippen LogP contribution is -2.34. The predicted molar refractivity (Wildman–Crippen MR) is 78.4 cm³/mol. The lowest BCUT2D eigenvalue weighted by molar-refractivity contribution is 0.0980. The maximum atomic E-state index is 12.6. The van der Waals surface area contributed by atoms with E-state index in [4.69, 9.17) is 0 Å². The van der Waals surface area contributed by atoms with Crippen LogP contribution in [-0.4, -0.2) is 5.91 Å². The highest BCUT2D eigenvalue weighted by Crippen LogP contribution is 2.42. The van der Waals surface area contributed by atoms with Crippen LogP contribution < -0.4 is 15.3 Å². The average molecular weight is 287 g/mol. The summed E-state index contributed by atoms with van der Waals surface area (Å²) in [5.74, 6) is -0.367. The summed E-state index contributed by atoms with van der Waals surface area (Å²) in [6, 6.07) is 16.3. The molecule has 1 aliphatic heterocycles. The van der Waals surface area contributed by atoms with Crippen molar-refractivity contribution in [3.8, 4) is 0 Å². The Balaban J connectivity index is 1.79. The molecule has 0 fully saturated rings. The summed E-state index contributed by atoms with van der Waals surface area (Å²) in [5, 5.41) is 8.30. The van der Waals surface area contributed by atoms with Crippen LogP contribution in [0.2, 0.25) is 0 Å². The third kappa shape index (κ3) is 2.59. The number of carbonyl (C=O) groups excluding carboxylic acids is 1. The maximum Gasteiger partial charge on any atom is 0.330 e. The van der Waals surface area contributed by atoms with Gasteiger partial charge in [0.2, 0.25) is 0 Å². The van der Waals surface area contributed by atoms with Gasteiger partial charge in [0.25, 0.3) is 5.91 Å². The SMILES string of the molecule is O=C(NP1(=O)NCc2ccccc2N1)c1ccccc1. The van der Waals surface area contributed by atoms with Crippen LogP contribution >= 0.6 is 7.59 Å². The molecule has 1 unspecified atom stereocenters. The molecule has 1 atom stereocenters. The zero-order chi connectivity index (χ0) is 14.0. The van der Waals surface area contributed by atoms with E-state index < -0.39 is 7.59 Å². The number of hydrogen-bond donors (Lipinski definition) is 3. The van der Waals surface area contributed by atoms with Crippen molar-refractivity contribution in [1.82, 2.24) is 10.2 Å². The highest BCUT2D eigenvalue weighted by Gasteiger charge is 2.29. The van der Waals surface area contributed by atoms with Gasteiger partial charge in [-0.15, -0.1) is 0 Å². The van der Waals surface area contributed by atoms with Crippen LogP contribution in [0.15, 0.2) is 54.6 Å². The van der Waals surface area contributed by atoms with Crippen molar-refractivity contribution in [3.05, 3.63) is 65.7 Å². The molecular formula is C14H14N3O2P. The summed E-state index contributed by atoms with van der Waals surface area (Å²) in [7, 11) is -3.17. The Kier molecular flexibility index (Phi) is 3.30. The van der Waals surface area contributed by atoms with E-state index >= 15 is 0 Å². The summed E-state index contributed by atoms with van der Waals surface area (Å²) in [6.07, 6.45) is 0. The molecule has 0 spiro atoms. The van der Waals surface area contributed by atoms with Crippen LogP contribution in [-0.2, 0) is 11.1 Å². The Labute approximate surface area is 116 Å². The summed E-state index contributed by atoms with van der Waals surface area (Å²) in [5.41, 5.74) is 2.28. The van der Waals surface area contributed by atoms with E-state index in [1.807, 2.05) is 30.3 Å². The minimum atomic E-state index is -3.17. The molecule has 1 amide bonds. The molecule has 6 heteroatoms. The molecule has 0 aromatic heterocycles. The van der Waals surface area contributed by atoms with Crippen LogP contribution in [0.3, 0.4) is 0 Å². The van der Waals surface area contributed by atoms with E-state index in [0.29, 0.717) is 12.1 Å². The van der Waals surface area contributed by atoms with Gasteiger partial charge in [-0.3, -0.25) is 14.4 Å². The topological polar surface area (TPSA) is 70.2 Å². The lowest BCUT2D eigenvalue weighted by Gasteiger charge is -2.28. The van der Waals surface area contributed by atoms with Crippen molar-refractivity contribution in [1.29, 1.82) is 0 Å². The average Bonchev–Trinajstić information content (AvgIpc) is 2.47. The molecular weight excluding hydrogens is 273 g/mol. The first-order chi connectivity index (χ1) is 9.66. The van der Waals surface area contributed by atoms with Crippen LogP contribution in [0.4, 0.5) is 5.69 Å². The summed E-state index contributed by atoms with van der Waals surface area (Å²) in [6.45, 7) is 0.454. The fraction of sp³-hybridized carbons (Fsp3) is 0.0714. The van der Waals surface area contributed by atoms with Crippen molar-refractivity contribution in [3.63, 3.8) is 0 Å². The van der Waals surface area contributed by atoms with E-state index in [2.05, 4.69) is 15.3 Å². The number of hydrogen-bond acceptors (Lipinski definition) is 2. The molecule has 0 saturated heterocycles. The van der Waals surface area contributed by atoms with Gasteiger partial charge in [0.1, 0.15) is 0 Å². The van der Waals surface area contributed by atoms with E-state index in [1.54, 1.807) is 24.3 Å². The highest BCUT2D eigenvalue weighted by molar-refractivity contribution is 7.62. The van der Waals surface area contributed by atoms with Gasteiger partial charge >= 0.3 is 7.59 Å². The van der Waals surface area contributed by atoms with Gasteiger partial charge in [-0.2, -0.15) is 0 Å². The highest BCUT2D eigenvalue weighted by atomic mass is 31.2. The molecule has 1 aliphatic rings. The Hall–Kier alpha value is -2.10. The van der Waals surface area contributed by atoms with Gasteiger partial charge in [0.05, 0.1) is 0 Å². The molecule has 5 nitrogen and oxygen atoms in total. The quantitative estimate of drug-likeness (QED) is 0.743. The predicted octanol–water partition coefficient (Wildman–Crippen LogP) is 2.74. The number of fused-ring (bicyclic) bond motifs is 1. The Morgan fingerprint density at radius 2 is 1.75 bits per heavy atom. The number of carbonyl (C=O) groups is 1. The number of anilines is 1. The number of rotatable bonds is 2. The Bertz CT molecular complexity index is 688.